The van der Waals surface area contributed by atoms with Gasteiger partial charge < -0.3 is 5.32 Å². The smallest absolute Gasteiger partial charge is 0.252 e. The fourth-order valence-electron chi connectivity index (χ4n) is 4.50. The van der Waals surface area contributed by atoms with E-state index in [0.717, 1.165) is 17.5 Å². The number of rotatable bonds is 3. The van der Waals surface area contributed by atoms with Crippen LogP contribution in [0.1, 0.15) is 17.2 Å². The van der Waals surface area contributed by atoms with E-state index in [0.29, 0.717) is 11.6 Å². The van der Waals surface area contributed by atoms with Gasteiger partial charge in [0.1, 0.15) is 5.65 Å². The van der Waals surface area contributed by atoms with Crippen molar-refractivity contribution in [2.24, 2.45) is 0 Å². The largest absolute Gasteiger partial charge is 0.324 e. The fraction of sp³-hybridized carbons (Fsp3) is 0.0800. The molecule has 1 aliphatic carbocycles. The molecule has 5 aromatic rings. The minimum Gasteiger partial charge on any atom is -0.324 e. The van der Waals surface area contributed by atoms with E-state index in [-0.39, 0.29) is 11.6 Å². The monoisotopic (exact) mass is 390 g/mol. The average Bonchev–Trinajstić information content (AvgIpc) is 3.15. The number of nitrogens with one attached hydrogen (secondary N) is 1. The molecule has 0 fully saturated rings. The van der Waals surface area contributed by atoms with Crippen molar-refractivity contribution in [1.82, 2.24) is 14.5 Å². The number of nitrogens with zero attached hydrogens (tertiary/aromatic N) is 3. The van der Waals surface area contributed by atoms with Gasteiger partial charge in [0.15, 0.2) is 0 Å². The molecule has 1 atom stereocenters. The van der Waals surface area contributed by atoms with Crippen molar-refractivity contribution < 1.29 is 0 Å². The van der Waals surface area contributed by atoms with Gasteiger partial charge in [-0.3, -0.25) is 9.36 Å². The Kier molecular flexibility index (Phi) is 3.68. The summed E-state index contributed by atoms with van der Waals surface area (Å²) < 4.78 is 1.82. The van der Waals surface area contributed by atoms with Gasteiger partial charge in [-0.2, -0.15) is 4.98 Å². The zero-order valence-electron chi connectivity index (χ0n) is 16.1. The third-order valence-corrected chi connectivity index (χ3v) is 5.80. The Balaban J connectivity index is 1.53. The highest BCUT2D eigenvalue weighted by molar-refractivity contribution is 5.91. The second-order valence-corrected chi connectivity index (χ2v) is 7.59. The predicted molar refractivity (Wildman–Crippen MR) is 119 cm³/mol. The summed E-state index contributed by atoms with van der Waals surface area (Å²) in [5, 5.41) is 6.54. The minimum atomic E-state index is -0.0817. The summed E-state index contributed by atoms with van der Waals surface area (Å²) in [6.07, 6.45) is 2.55. The first kappa shape index (κ1) is 16.9. The van der Waals surface area contributed by atoms with E-state index in [1.165, 1.54) is 21.9 Å². The molecule has 5 nitrogen and oxygen atoms in total. The molecule has 0 amide bonds. The van der Waals surface area contributed by atoms with Gasteiger partial charge in [-0.1, -0.05) is 54.6 Å². The number of aromatic nitrogens is 3. The highest BCUT2D eigenvalue weighted by Gasteiger charge is 2.27. The molecule has 0 aliphatic heterocycles. The Morgan fingerprint density at radius 1 is 0.867 bits per heavy atom. The first-order valence-electron chi connectivity index (χ1n) is 9.99. The van der Waals surface area contributed by atoms with E-state index in [1.807, 2.05) is 34.9 Å². The SMILES string of the molecule is O=c1ccc2cnc(Nc3ccccc3)nc2n1C1Cc2cccc3cccc1c23. The topological polar surface area (TPSA) is 59.8 Å². The number of para-hydroxylation sites is 1. The zero-order chi connectivity index (χ0) is 20.1. The molecule has 1 aliphatic rings. The van der Waals surface area contributed by atoms with E-state index >= 15 is 0 Å². The van der Waals surface area contributed by atoms with Gasteiger partial charge in [0.05, 0.1) is 6.04 Å². The normalized spacial score (nSPS) is 15.0. The third-order valence-electron chi connectivity index (χ3n) is 5.80. The van der Waals surface area contributed by atoms with Gasteiger partial charge in [-0.25, -0.2) is 4.98 Å². The predicted octanol–water partition coefficient (Wildman–Crippen LogP) is 4.83. The number of fused-ring (bicyclic) bond motifs is 1. The molecule has 0 bridgehead atoms. The summed E-state index contributed by atoms with van der Waals surface area (Å²) in [7, 11) is 0. The maximum atomic E-state index is 13.0. The molecular formula is C25H18N4O. The van der Waals surface area contributed by atoms with Crippen LogP contribution < -0.4 is 10.9 Å². The second-order valence-electron chi connectivity index (χ2n) is 7.59. The van der Waals surface area contributed by atoms with E-state index in [9.17, 15) is 4.79 Å². The van der Waals surface area contributed by atoms with E-state index in [4.69, 9.17) is 4.98 Å². The van der Waals surface area contributed by atoms with E-state index in [1.54, 1.807) is 18.3 Å². The first-order chi connectivity index (χ1) is 14.8. The summed E-state index contributed by atoms with van der Waals surface area (Å²) in [6, 6.07) is 25.8. The maximum Gasteiger partial charge on any atom is 0.252 e. The Hall–Kier alpha value is -3.99. The highest BCUT2D eigenvalue weighted by Crippen LogP contribution is 2.39. The number of benzene rings is 3. The van der Waals surface area contributed by atoms with Crippen LogP contribution in [0.2, 0.25) is 0 Å². The molecule has 5 heteroatoms. The Bertz CT molecular complexity index is 1470. The Labute approximate surface area is 172 Å². The molecule has 2 aromatic heterocycles. The van der Waals surface area contributed by atoms with Crippen LogP contribution in [0.4, 0.5) is 11.6 Å². The zero-order valence-corrected chi connectivity index (χ0v) is 16.1. The lowest BCUT2D eigenvalue weighted by Gasteiger charge is -2.18. The lowest BCUT2D eigenvalue weighted by Crippen LogP contribution is -2.25. The van der Waals surface area contributed by atoms with Crippen LogP contribution in [0.3, 0.4) is 0 Å². The fourth-order valence-corrected chi connectivity index (χ4v) is 4.50. The quantitative estimate of drug-likeness (QED) is 0.479. The van der Waals surface area contributed by atoms with Crippen molar-refractivity contribution in [2.45, 2.75) is 12.5 Å². The van der Waals surface area contributed by atoms with Crippen molar-refractivity contribution in [2.75, 3.05) is 5.32 Å². The maximum absolute atomic E-state index is 13.0. The molecule has 1 unspecified atom stereocenters. The highest BCUT2D eigenvalue weighted by atomic mass is 16.1. The first-order valence-corrected chi connectivity index (χ1v) is 9.99. The van der Waals surface area contributed by atoms with Crippen LogP contribution in [0.5, 0.6) is 0 Å². The van der Waals surface area contributed by atoms with Gasteiger partial charge in [-0.15, -0.1) is 0 Å². The van der Waals surface area contributed by atoms with Gasteiger partial charge >= 0.3 is 0 Å². The molecule has 6 rings (SSSR count). The lowest BCUT2D eigenvalue weighted by molar-refractivity contribution is 0.597. The van der Waals surface area contributed by atoms with Crippen LogP contribution in [-0.4, -0.2) is 14.5 Å². The van der Waals surface area contributed by atoms with Crippen LogP contribution in [0, 0.1) is 0 Å². The molecule has 30 heavy (non-hydrogen) atoms. The minimum absolute atomic E-state index is 0.0540. The van der Waals surface area contributed by atoms with Crippen molar-refractivity contribution in [3.05, 3.63) is 107 Å². The molecule has 0 saturated carbocycles. The number of pyridine rings is 1. The summed E-state index contributed by atoms with van der Waals surface area (Å²) in [5.41, 5.74) is 3.94. The number of hydrogen-bond donors (Lipinski definition) is 1. The number of anilines is 2. The molecule has 0 saturated heterocycles. The van der Waals surface area contributed by atoms with Crippen LogP contribution in [0.25, 0.3) is 21.8 Å². The number of hydrogen-bond acceptors (Lipinski definition) is 4. The van der Waals surface area contributed by atoms with Gasteiger partial charge in [-0.05, 0) is 46.5 Å². The van der Waals surface area contributed by atoms with Gasteiger partial charge in [0.25, 0.3) is 5.56 Å². The van der Waals surface area contributed by atoms with Crippen molar-refractivity contribution >= 4 is 33.4 Å². The van der Waals surface area contributed by atoms with E-state index < -0.39 is 0 Å². The lowest BCUT2D eigenvalue weighted by atomic mass is 10.0. The summed E-state index contributed by atoms with van der Waals surface area (Å²) in [5.74, 6) is 0.474. The van der Waals surface area contributed by atoms with Crippen LogP contribution in [0.15, 0.2) is 89.9 Å². The standard InChI is InChI=1S/C25H18N4O/c30-22-13-12-18-15-26-25(27-19-9-2-1-3-10-19)28-24(18)29(22)21-14-17-8-4-6-16-7-5-11-20(21)23(16)17/h1-13,15,21H,14H2,(H,26,27,28). The van der Waals surface area contributed by atoms with E-state index in [2.05, 4.69) is 46.7 Å². The summed E-state index contributed by atoms with van der Waals surface area (Å²) in [4.78, 5) is 22.2. The summed E-state index contributed by atoms with van der Waals surface area (Å²) >= 11 is 0. The van der Waals surface area contributed by atoms with Crippen LogP contribution >= 0.6 is 0 Å². The second kappa shape index (κ2) is 6.52. The average molecular weight is 390 g/mol. The Morgan fingerprint density at radius 2 is 1.70 bits per heavy atom. The van der Waals surface area contributed by atoms with Crippen LogP contribution in [-0.2, 0) is 6.42 Å². The van der Waals surface area contributed by atoms with Crippen molar-refractivity contribution in [1.29, 1.82) is 0 Å². The molecule has 0 spiro atoms. The third kappa shape index (κ3) is 2.59. The molecule has 144 valence electrons. The van der Waals surface area contributed by atoms with Crippen molar-refractivity contribution in [3.63, 3.8) is 0 Å². The summed E-state index contributed by atoms with van der Waals surface area (Å²) in [6.45, 7) is 0. The van der Waals surface area contributed by atoms with Crippen molar-refractivity contribution in [3.8, 4) is 0 Å². The molecular weight excluding hydrogens is 372 g/mol. The molecule has 1 N–H and O–H groups in total. The molecule has 0 radical (unpaired) electrons. The Morgan fingerprint density at radius 3 is 2.57 bits per heavy atom. The molecule has 3 aromatic carbocycles. The van der Waals surface area contributed by atoms with Gasteiger partial charge in [0.2, 0.25) is 5.95 Å². The molecule has 2 heterocycles. The van der Waals surface area contributed by atoms with Gasteiger partial charge in [0, 0.05) is 23.3 Å².